The number of hydrogen-bond acceptors (Lipinski definition) is 3. The Morgan fingerprint density at radius 1 is 1.50 bits per heavy atom. The summed E-state index contributed by atoms with van der Waals surface area (Å²) in [5.74, 6) is 2.77. The van der Waals surface area contributed by atoms with Crippen molar-refractivity contribution < 1.29 is 8.95 Å². The smallest absolute Gasteiger partial charge is 0.146 e. The Morgan fingerprint density at radius 2 is 2.25 bits per heavy atom. The number of nitrogens with zero attached hydrogens (tertiary/aromatic N) is 2. The number of imidazole rings is 1. The lowest BCUT2D eigenvalue weighted by Crippen LogP contribution is -2.15. The molecule has 0 N–H and O–H groups in total. The van der Waals surface area contributed by atoms with E-state index in [0.29, 0.717) is 18.1 Å². The van der Waals surface area contributed by atoms with Crippen LogP contribution >= 0.6 is 11.6 Å². The Balaban J connectivity index is 2.59. The van der Waals surface area contributed by atoms with E-state index in [1.807, 2.05) is 18.2 Å². The van der Waals surface area contributed by atoms with Gasteiger partial charge in [-0.05, 0) is 19.1 Å². The zero-order valence-corrected chi connectivity index (χ0v) is 13.5. The second-order valence-corrected chi connectivity index (χ2v) is 6.61. The fourth-order valence-corrected chi connectivity index (χ4v) is 3.47. The molecule has 0 bridgehead atoms. The summed E-state index contributed by atoms with van der Waals surface area (Å²) in [6.07, 6.45) is 2.40. The maximum absolute atomic E-state index is 11.5. The number of alkyl halides is 1. The Bertz CT molecular complexity index is 627. The van der Waals surface area contributed by atoms with Crippen LogP contribution < -0.4 is 4.74 Å². The molecule has 1 heterocycles. The highest BCUT2D eigenvalue weighted by Gasteiger charge is 2.18. The van der Waals surface area contributed by atoms with E-state index < -0.39 is 10.8 Å². The summed E-state index contributed by atoms with van der Waals surface area (Å²) in [6.45, 7) is 2.06. The van der Waals surface area contributed by atoms with Gasteiger partial charge in [-0.1, -0.05) is 6.07 Å². The predicted octanol–water partition coefficient (Wildman–Crippen LogP) is 2.77. The summed E-state index contributed by atoms with van der Waals surface area (Å²) in [5.41, 5.74) is 1.84. The van der Waals surface area contributed by atoms with Crippen molar-refractivity contribution in [3.8, 4) is 5.75 Å². The van der Waals surface area contributed by atoms with Crippen molar-refractivity contribution in [2.45, 2.75) is 19.4 Å². The fraction of sp³-hybridized carbons (Fsp3) is 0.500. The topological polar surface area (TPSA) is 44.1 Å². The van der Waals surface area contributed by atoms with Crippen LogP contribution in [0.3, 0.4) is 0 Å². The van der Waals surface area contributed by atoms with Gasteiger partial charge >= 0.3 is 0 Å². The lowest BCUT2D eigenvalue weighted by Gasteiger charge is -2.16. The van der Waals surface area contributed by atoms with E-state index >= 15 is 0 Å². The molecular formula is C14H19ClN2O2S. The largest absolute Gasteiger partial charge is 0.494 e. The molecule has 6 heteroatoms. The van der Waals surface area contributed by atoms with Gasteiger partial charge in [0.15, 0.2) is 0 Å². The van der Waals surface area contributed by atoms with Crippen LogP contribution in [0, 0.1) is 0 Å². The molecule has 110 valence electrons. The summed E-state index contributed by atoms with van der Waals surface area (Å²) >= 11 is 5.88. The van der Waals surface area contributed by atoms with Gasteiger partial charge in [0.25, 0.3) is 0 Å². The molecule has 1 aromatic carbocycles. The van der Waals surface area contributed by atoms with E-state index in [0.717, 1.165) is 22.6 Å². The van der Waals surface area contributed by atoms with Crippen molar-refractivity contribution in [2.24, 2.45) is 0 Å². The van der Waals surface area contributed by atoms with Crippen LogP contribution in [0.15, 0.2) is 18.2 Å². The van der Waals surface area contributed by atoms with Gasteiger partial charge in [0.1, 0.15) is 17.1 Å². The van der Waals surface area contributed by atoms with E-state index in [1.165, 1.54) is 0 Å². The molecule has 0 aliphatic heterocycles. The number of aryl methyl sites for hydroxylation is 1. The molecule has 2 unspecified atom stereocenters. The molecule has 0 aliphatic carbocycles. The third-order valence-corrected chi connectivity index (χ3v) is 4.35. The number of methoxy groups -OCH3 is 1. The van der Waals surface area contributed by atoms with Gasteiger partial charge in [0.2, 0.25) is 0 Å². The number of fused-ring (bicyclic) bond motifs is 1. The Kier molecular flexibility index (Phi) is 5.05. The maximum Gasteiger partial charge on any atom is 0.146 e. The molecule has 0 radical (unpaired) electrons. The predicted molar refractivity (Wildman–Crippen MR) is 84.4 cm³/mol. The molecule has 1 aromatic heterocycles. The first-order chi connectivity index (χ1) is 9.58. The summed E-state index contributed by atoms with van der Waals surface area (Å²) in [7, 11) is 0.783. The van der Waals surface area contributed by atoms with Crippen LogP contribution in [0.25, 0.3) is 11.0 Å². The van der Waals surface area contributed by atoms with Gasteiger partial charge in [0.05, 0.1) is 12.6 Å². The molecule has 2 aromatic rings. The lowest BCUT2D eigenvalue weighted by molar-refractivity contribution is 0.419. The van der Waals surface area contributed by atoms with E-state index in [-0.39, 0.29) is 6.04 Å². The number of benzene rings is 1. The molecule has 0 amide bonds. The molecule has 0 aliphatic rings. The van der Waals surface area contributed by atoms with Crippen LogP contribution in [0.5, 0.6) is 5.75 Å². The molecule has 0 spiro atoms. The molecule has 2 atom stereocenters. The van der Waals surface area contributed by atoms with Gasteiger partial charge in [-0.3, -0.25) is 4.21 Å². The minimum Gasteiger partial charge on any atom is -0.494 e. The number of halogens is 1. The summed E-state index contributed by atoms with van der Waals surface area (Å²) < 4.78 is 19.0. The van der Waals surface area contributed by atoms with E-state index in [9.17, 15) is 4.21 Å². The van der Waals surface area contributed by atoms with Crippen LogP contribution in [-0.4, -0.2) is 38.8 Å². The fourth-order valence-electron chi connectivity index (χ4n) is 2.47. The van der Waals surface area contributed by atoms with Crippen molar-refractivity contribution in [1.29, 1.82) is 0 Å². The normalized spacial score (nSPS) is 14.4. The third kappa shape index (κ3) is 2.99. The lowest BCUT2D eigenvalue weighted by atomic mass is 10.2. The van der Waals surface area contributed by atoms with Gasteiger partial charge in [-0.25, -0.2) is 4.98 Å². The van der Waals surface area contributed by atoms with Crippen LogP contribution in [0.2, 0.25) is 0 Å². The van der Waals surface area contributed by atoms with E-state index in [2.05, 4.69) is 16.5 Å². The highest BCUT2D eigenvalue weighted by molar-refractivity contribution is 7.84. The molecule has 0 fully saturated rings. The maximum atomic E-state index is 11.5. The minimum absolute atomic E-state index is 0.108. The standard InChI is InChI=1S/C14H19ClN2O2S/c1-10(9-20(3)18)17-11-5-4-6-12(19-2)14(11)16-13(17)7-8-15/h4-6,10H,7-9H2,1-3H3. The molecule has 2 rings (SSSR count). The highest BCUT2D eigenvalue weighted by atomic mass is 35.5. The summed E-state index contributed by atoms with van der Waals surface area (Å²) in [6, 6.07) is 5.96. The average Bonchev–Trinajstić information content (AvgIpc) is 2.76. The molecule has 0 saturated heterocycles. The number of ether oxygens (including phenoxy) is 1. The van der Waals surface area contributed by atoms with Crippen molar-refractivity contribution in [3.63, 3.8) is 0 Å². The first-order valence-corrected chi connectivity index (χ1v) is 8.74. The van der Waals surface area contributed by atoms with E-state index in [4.69, 9.17) is 16.3 Å². The zero-order valence-electron chi connectivity index (χ0n) is 11.9. The van der Waals surface area contributed by atoms with Crippen LogP contribution in [-0.2, 0) is 17.2 Å². The highest BCUT2D eigenvalue weighted by Crippen LogP contribution is 2.29. The van der Waals surface area contributed by atoms with Crippen molar-refractivity contribution in [2.75, 3.05) is 25.0 Å². The molecule has 0 saturated carbocycles. The van der Waals surface area contributed by atoms with Gasteiger partial charge < -0.3 is 9.30 Å². The minimum atomic E-state index is -0.855. The Morgan fingerprint density at radius 3 is 2.85 bits per heavy atom. The molecule has 4 nitrogen and oxygen atoms in total. The molecule has 20 heavy (non-hydrogen) atoms. The molecular weight excluding hydrogens is 296 g/mol. The Labute approximate surface area is 126 Å². The van der Waals surface area contributed by atoms with E-state index in [1.54, 1.807) is 13.4 Å². The number of rotatable bonds is 6. The summed E-state index contributed by atoms with van der Waals surface area (Å²) in [4.78, 5) is 4.66. The Hall–Kier alpha value is -1.07. The monoisotopic (exact) mass is 314 g/mol. The summed E-state index contributed by atoms with van der Waals surface area (Å²) in [5, 5.41) is 0. The SMILES string of the molecule is COc1cccc2c1nc(CCCl)n2C(C)CS(C)=O. The van der Waals surface area contributed by atoms with Gasteiger partial charge in [0, 0.05) is 41.2 Å². The van der Waals surface area contributed by atoms with Crippen molar-refractivity contribution >= 4 is 33.4 Å². The number of para-hydroxylation sites is 1. The second kappa shape index (κ2) is 6.59. The van der Waals surface area contributed by atoms with Crippen molar-refractivity contribution in [1.82, 2.24) is 9.55 Å². The number of aromatic nitrogens is 2. The van der Waals surface area contributed by atoms with Crippen LogP contribution in [0.1, 0.15) is 18.8 Å². The second-order valence-electron chi connectivity index (χ2n) is 4.75. The van der Waals surface area contributed by atoms with Gasteiger partial charge in [-0.15, -0.1) is 11.6 Å². The zero-order chi connectivity index (χ0) is 14.7. The first-order valence-electron chi connectivity index (χ1n) is 6.48. The average molecular weight is 315 g/mol. The van der Waals surface area contributed by atoms with Crippen molar-refractivity contribution in [3.05, 3.63) is 24.0 Å². The first kappa shape index (κ1) is 15.3. The quantitative estimate of drug-likeness (QED) is 0.770. The van der Waals surface area contributed by atoms with Gasteiger partial charge in [-0.2, -0.15) is 0 Å². The third-order valence-electron chi connectivity index (χ3n) is 3.21. The van der Waals surface area contributed by atoms with Crippen LogP contribution in [0.4, 0.5) is 0 Å². The number of hydrogen-bond donors (Lipinski definition) is 0.